The molecule has 1 saturated carbocycles. The minimum atomic E-state index is -1.06. The summed E-state index contributed by atoms with van der Waals surface area (Å²) in [6, 6.07) is 9.75. The average Bonchev–Trinajstić information content (AvgIpc) is 3.35. The van der Waals surface area contributed by atoms with Crippen LogP contribution in [0.25, 0.3) is 11.1 Å². The summed E-state index contributed by atoms with van der Waals surface area (Å²) in [7, 11) is 0. The van der Waals surface area contributed by atoms with E-state index in [0.717, 1.165) is 41.6 Å². The van der Waals surface area contributed by atoms with Crippen molar-refractivity contribution in [3.8, 4) is 0 Å². The molecule has 0 saturated heterocycles. The summed E-state index contributed by atoms with van der Waals surface area (Å²) in [6.45, 7) is 8.55. The second-order valence-corrected chi connectivity index (χ2v) is 9.81. The third-order valence-corrected chi connectivity index (χ3v) is 7.57. The van der Waals surface area contributed by atoms with Gasteiger partial charge in [0.15, 0.2) is 5.58 Å². The highest BCUT2D eigenvalue weighted by atomic mass is 16.3. The van der Waals surface area contributed by atoms with Gasteiger partial charge in [0.2, 0.25) is 5.91 Å². The Balaban J connectivity index is 1.60. The molecule has 0 bridgehead atoms. The van der Waals surface area contributed by atoms with Gasteiger partial charge in [0.25, 0.3) is 5.91 Å². The van der Waals surface area contributed by atoms with E-state index in [1.807, 2.05) is 49.6 Å². The van der Waals surface area contributed by atoms with Gasteiger partial charge in [-0.25, -0.2) is 0 Å². The van der Waals surface area contributed by atoms with Crippen LogP contribution in [-0.4, -0.2) is 28.0 Å². The number of amides is 2. The van der Waals surface area contributed by atoms with E-state index in [1.165, 1.54) is 6.42 Å². The van der Waals surface area contributed by atoms with E-state index < -0.39 is 5.54 Å². The second kappa shape index (κ2) is 7.54. The van der Waals surface area contributed by atoms with E-state index in [2.05, 4.69) is 12.2 Å². The lowest BCUT2D eigenvalue weighted by molar-refractivity contribution is -0.127. The molecule has 3 aromatic rings. The van der Waals surface area contributed by atoms with Crippen LogP contribution in [0.2, 0.25) is 0 Å². The highest BCUT2D eigenvalue weighted by molar-refractivity contribution is 6.13. The number of aromatic nitrogens is 1. The molecule has 32 heavy (non-hydrogen) atoms. The molecule has 3 heterocycles. The topological polar surface area (TPSA) is 67.5 Å². The molecular weight excluding hydrogens is 402 g/mol. The van der Waals surface area contributed by atoms with E-state index in [-0.39, 0.29) is 17.9 Å². The SMILES string of the molecule is Cc1ccc(N2C(=O)c3cc4occc4n3C[C@]2(C)C(=O)N[C@H]2CCCC[C@H]2C)cc1C. The molecule has 0 unspecified atom stereocenters. The van der Waals surface area contributed by atoms with E-state index in [9.17, 15) is 9.59 Å². The van der Waals surface area contributed by atoms with E-state index in [4.69, 9.17) is 4.42 Å². The molecule has 2 amide bonds. The Labute approximate surface area is 188 Å². The summed E-state index contributed by atoms with van der Waals surface area (Å²) in [4.78, 5) is 29.4. The fourth-order valence-corrected chi connectivity index (χ4v) is 5.34. The summed E-state index contributed by atoms with van der Waals surface area (Å²) in [6.07, 6.45) is 6.08. The first-order chi connectivity index (χ1) is 15.3. The molecule has 1 aromatic carbocycles. The highest BCUT2D eigenvalue weighted by Gasteiger charge is 2.49. The van der Waals surface area contributed by atoms with E-state index in [1.54, 1.807) is 17.2 Å². The molecular formula is C26H31N3O3. The molecule has 2 aliphatic rings. The average molecular weight is 434 g/mol. The minimum Gasteiger partial charge on any atom is -0.463 e. The van der Waals surface area contributed by atoms with Gasteiger partial charge in [-0.15, -0.1) is 0 Å². The molecule has 6 heteroatoms. The Morgan fingerprint density at radius 3 is 2.66 bits per heavy atom. The van der Waals surface area contributed by atoms with Crippen LogP contribution >= 0.6 is 0 Å². The zero-order chi connectivity index (χ0) is 22.6. The standard InChI is InChI=1S/C26H31N3O3/c1-16-9-10-19(13-18(16)3)29-24(30)22-14-23-21(11-12-32-23)28(22)15-26(29,4)25(31)27-20-8-6-5-7-17(20)2/h9-14,17,20H,5-8,15H2,1-4H3,(H,27,31)/t17-,20+,26-/m1/s1. The number of hydrogen-bond donors (Lipinski definition) is 1. The number of aryl methyl sites for hydroxylation is 2. The van der Waals surface area contributed by atoms with Crippen molar-refractivity contribution in [3.63, 3.8) is 0 Å². The number of carbonyl (C=O) groups is 2. The van der Waals surface area contributed by atoms with Gasteiger partial charge in [-0.3, -0.25) is 14.5 Å². The molecule has 1 aliphatic heterocycles. The van der Waals surface area contributed by atoms with Crippen LogP contribution < -0.4 is 10.2 Å². The van der Waals surface area contributed by atoms with Crippen molar-refractivity contribution in [3.05, 3.63) is 53.4 Å². The zero-order valence-corrected chi connectivity index (χ0v) is 19.3. The quantitative estimate of drug-likeness (QED) is 0.634. The molecule has 168 valence electrons. The van der Waals surface area contributed by atoms with Gasteiger partial charge in [-0.05, 0) is 62.8 Å². The first kappa shape index (κ1) is 20.9. The van der Waals surface area contributed by atoms with Gasteiger partial charge in [0.1, 0.15) is 11.2 Å². The summed E-state index contributed by atoms with van der Waals surface area (Å²) >= 11 is 0. The fraction of sp³-hybridized carbons (Fsp3) is 0.462. The Morgan fingerprint density at radius 1 is 1.12 bits per heavy atom. The Kier molecular flexibility index (Phi) is 4.91. The molecule has 0 spiro atoms. The summed E-state index contributed by atoms with van der Waals surface area (Å²) in [5, 5.41) is 3.32. The number of benzene rings is 1. The molecule has 5 rings (SSSR count). The van der Waals surface area contributed by atoms with Gasteiger partial charge < -0.3 is 14.3 Å². The van der Waals surface area contributed by atoms with Crippen LogP contribution in [0.5, 0.6) is 0 Å². The largest absolute Gasteiger partial charge is 0.463 e. The van der Waals surface area contributed by atoms with Crippen molar-refractivity contribution in [2.45, 2.75) is 71.5 Å². The van der Waals surface area contributed by atoms with Crippen LogP contribution in [0, 0.1) is 19.8 Å². The lowest BCUT2D eigenvalue weighted by Gasteiger charge is -2.45. The zero-order valence-electron chi connectivity index (χ0n) is 19.3. The van der Waals surface area contributed by atoms with Crippen molar-refractivity contribution in [1.29, 1.82) is 0 Å². The molecule has 1 fully saturated rings. The molecule has 2 aromatic heterocycles. The molecule has 0 radical (unpaired) electrons. The van der Waals surface area contributed by atoms with Crippen molar-refractivity contribution >= 4 is 28.6 Å². The van der Waals surface area contributed by atoms with Gasteiger partial charge in [-0.1, -0.05) is 25.8 Å². The van der Waals surface area contributed by atoms with E-state index >= 15 is 0 Å². The maximum Gasteiger partial charge on any atom is 0.276 e. The smallest absolute Gasteiger partial charge is 0.276 e. The molecule has 1 N–H and O–H groups in total. The maximum absolute atomic E-state index is 13.9. The second-order valence-electron chi connectivity index (χ2n) is 9.81. The summed E-state index contributed by atoms with van der Waals surface area (Å²) in [5.41, 5.74) is 3.99. The van der Waals surface area contributed by atoms with Crippen molar-refractivity contribution in [1.82, 2.24) is 9.88 Å². The Morgan fingerprint density at radius 2 is 1.91 bits per heavy atom. The summed E-state index contributed by atoms with van der Waals surface area (Å²) < 4.78 is 7.50. The number of rotatable bonds is 3. The van der Waals surface area contributed by atoms with E-state index in [0.29, 0.717) is 23.7 Å². The number of nitrogens with zero attached hydrogens (tertiary/aromatic N) is 2. The van der Waals surface area contributed by atoms with Crippen LogP contribution in [0.3, 0.4) is 0 Å². The number of hydrogen-bond acceptors (Lipinski definition) is 3. The minimum absolute atomic E-state index is 0.0983. The molecule has 6 nitrogen and oxygen atoms in total. The first-order valence-electron chi connectivity index (χ1n) is 11.6. The number of anilines is 1. The van der Waals surface area contributed by atoms with Crippen LogP contribution in [0.15, 0.2) is 41.0 Å². The van der Waals surface area contributed by atoms with Gasteiger partial charge in [0.05, 0.1) is 18.3 Å². The van der Waals surface area contributed by atoms with Crippen LogP contribution in [0.4, 0.5) is 5.69 Å². The van der Waals surface area contributed by atoms with Gasteiger partial charge in [0, 0.05) is 23.9 Å². The third kappa shape index (κ3) is 3.15. The lowest BCUT2D eigenvalue weighted by Crippen LogP contribution is -2.65. The third-order valence-electron chi connectivity index (χ3n) is 7.57. The number of fused-ring (bicyclic) bond motifs is 3. The van der Waals surface area contributed by atoms with Crippen LogP contribution in [-0.2, 0) is 11.3 Å². The number of nitrogens with one attached hydrogen (secondary N) is 1. The normalized spacial score (nSPS) is 25.8. The van der Waals surface area contributed by atoms with Crippen LogP contribution in [0.1, 0.15) is 61.1 Å². The van der Waals surface area contributed by atoms with Crippen molar-refractivity contribution < 1.29 is 14.0 Å². The Hall–Kier alpha value is -3.02. The maximum atomic E-state index is 13.9. The lowest BCUT2D eigenvalue weighted by atomic mass is 9.84. The number of carbonyl (C=O) groups excluding carboxylic acids is 2. The fourth-order valence-electron chi connectivity index (χ4n) is 5.34. The van der Waals surface area contributed by atoms with Gasteiger partial charge >= 0.3 is 0 Å². The van der Waals surface area contributed by atoms with Gasteiger partial charge in [-0.2, -0.15) is 0 Å². The number of furan rings is 1. The monoisotopic (exact) mass is 433 g/mol. The first-order valence-corrected chi connectivity index (χ1v) is 11.6. The van der Waals surface area contributed by atoms with Crippen molar-refractivity contribution in [2.75, 3.05) is 4.90 Å². The highest BCUT2D eigenvalue weighted by Crippen LogP contribution is 2.37. The predicted molar refractivity (Wildman–Crippen MR) is 125 cm³/mol. The Bertz CT molecular complexity index is 1210. The molecule has 3 atom stereocenters. The van der Waals surface area contributed by atoms with Crippen molar-refractivity contribution in [2.24, 2.45) is 5.92 Å². The predicted octanol–water partition coefficient (Wildman–Crippen LogP) is 4.97. The summed E-state index contributed by atoms with van der Waals surface area (Å²) in [5.74, 6) is 0.160. The molecule has 1 aliphatic carbocycles.